The molecule has 1 aliphatic heterocycles. The Labute approximate surface area is 118 Å². The van der Waals surface area contributed by atoms with Gasteiger partial charge in [-0.3, -0.25) is 0 Å². The van der Waals surface area contributed by atoms with Crippen LogP contribution in [0.15, 0.2) is 0 Å². The highest BCUT2D eigenvalue weighted by molar-refractivity contribution is 4.93. The van der Waals surface area contributed by atoms with Gasteiger partial charge in [0.05, 0.1) is 12.2 Å². The summed E-state index contributed by atoms with van der Waals surface area (Å²) in [6.45, 7) is 7.45. The molecule has 0 aromatic heterocycles. The average molecular weight is 269 g/mol. The zero-order valence-corrected chi connectivity index (χ0v) is 12.9. The van der Waals surface area contributed by atoms with E-state index in [9.17, 15) is 0 Å². The van der Waals surface area contributed by atoms with E-state index in [1.54, 1.807) is 7.11 Å². The van der Waals surface area contributed by atoms with Crippen LogP contribution in [-0.2, 0) is 9.47 Å². The van der Waals surface area contributed by atoms with Crippen molar-refractivity contribution in [1.29, 1.82) is 0 Å². The minimum Gasteiger partial charge on any atom is -0.383 e. The Morgan fingerprint density at radius 2 is 2.05 bits per heavy atom. The van der Waals surface area contributed by atoms with E-state index in [0.717, 1.165) is 31.6 Å². The lowest BCUT2D eigenvalue weighted by molar-refractivity contribution is -0.102. The standard InChI is InChI=1S/C16H31NO2/c1-13(14(2)17-9-11-18-3)15-6-10-19-16(12-15)7-4-5-8-16/h13-15,17H,4-12H2,1-3H3. The highest BCUT2D eigenvalue weighted by Gasteiger charge is 2.41. The SMILES string of the molecule is COCCNC(C)C(C)C1CCOC2(CCCC2)C1. The number of hydrogen-bond donors (Lipinski definition) is 1. The first-order valence-electron chi connectivity index (χ1n) is 8.03. The van der Waals surface area contributed by atoms with Crippen LogP contribution in [-0.4, -0.2) is 38.5 Å². The maximum atomic E-state index is 6.14. The Morgan fingerprint density at radius 1 is 1.32 bits per heavy atom. The van der Waals surface area contributed by atoms with Crippen molar-refractivity contribution in [3.05, 3.63) is 0 Å². The topological polar surface area (TPSA) is 30.5 Å². The Morgan fingerprint density at radius 3 is 2.74 bits per heavy atom. The lowest BCUT2D eigenvalue weighted by Crippen LogP contribution is -2.44. The lowest BCUT2D eigenvalue weighted by atomic mass is 9.76. The molecule has 112 valence electrons. The molecule has 2 rings (SSSR count). The molecule has 2 aliphatic rings. The summed E-state index contributed by atoms with van der Waals surface area (Å²) in [6.07, 6.45) is 7.83. The number of rotatable bonds is 6. The predicted octanol–water partition coefficient (Wildman–Crippen LogP) is 2.99. The molecule has 1 N–H and O–H groups in total. The fourth-order valence-corrected chi connectivity index (χ4v) is 3.87. The number of methoxy groups -OCH3 is 1. The zero-order valence-electron chi connectivity index (χ0n) is 12.9. The first kappa shape index (κ1) is 15.3. The molecular formula is C16H31NO2. The Hall–Kier alpha value is -0.120. The molecule has 0 amide bonds. The number of ether oxygens (including phenoxy) is 2. The normalized spacial score (nSPS) is 29.5. The third-order valence-electron chi connectivity index (χ3n) is 5.35. The van der Waals surface area contributed by atoms with Crippen LogP contribution in [0.3, 0.4) is 0 Å². The summed E-state index contributed by atoms with van der Waals surface area (Å²) in [5, 5.41) is 3.59. The Bertz CT molecular complexity index is 263. The quantitative estimate of drug-likeness (QED) is 0.752. The number of nitrogens with one attached hydrogen (secondary N) is 1. The molecule has 1 spiro atoms. The van der Waals surface area contributed by atoms with Crippen molar-refractivity contribution in [2.24, 2.45) is 11.8 Å². The van der Waals surface area contributed by atoms with E-state index >= 15 is 0 Å². The highest BCUT2D eigenvalue weighted by atomic mass is 16.5. The molecule has 1 aliphatic carbocycles. The average Bonchev–Trinajstić information content (AvgIpc) is 2.86. The van der Waals surface area contributed by atoms with E-state index < -0.39 is 0 Å². The van der Waals surface area contributed by atoms with Gasteiger partial charge in [0.25, 0.3) is 0 Å². The summed E-state index contributed by atoms with van der Waals surface area (Å²) in [5.74, 6) is 1.54. The van der Waals surface area contributed by atoms with Crippen molar-refractivity contribution in [1.82, 2.24) is 5.32 Å². The second-order valence-electron chi connectivity index (χ2n) is 6.59. The molecule has 19 heavy (non-hydrogen) atoms. The van der Waals surface area contributed by atoms with Gasteiger partial charge in [0.15, 0.2) is 0 Å². The monoisotopic (exact) mass is 269 g/mol. The molecule has 1 saturated heterocycles. The molecule has 0 aromatic carbocycles. The van der Waals surface area contributed by atoms with Crippen LogP contribution < -0.4 is 5.32 Å². The molecule has 1 heterocycles. The second-order valence-corrected chi connectivity index (χ2v) is 6.59. The lowest BCUT2D eigenvalue weighted by Gasteiger charge is -2.42. The van der Waals surface area contributed by atoms with Crippen LogP contribution >= 0.6 is 0 Å². The smallest absolute Gasteiger partial charge is 0.0685 e. The van der Waals surface area contributed by atoms with Crippen molar-refractivity contribution in [2.45, 2.75) is 64.0 Å². The van der Waals surface area contributed by atoms with Crippen molar-refractivity contribution < 1.29 is 9.47 Å². The molecule has 1 saturated carbocycles. The van der Waals surface area contributed by atoms with Crippen LogP contribution in [0.25, 0.3) is 0 Å². The van der Waals surface area contributed by atoms with Gasteiger partial charge in [-0.2, -0.15) is 0 Å². The first-order valence-corrected chi connectivity index (χ1v) is 8.03. The van der Waals surface area contributed by atoms with Crippen molar-refractivity contribution >= 4 is 0 Å². The fraction of sp³-hybridized carbons (Fsp3) is 1.00. The van der Waals surface area contributed by atoms with Gasteiger partial charge in [0.1, 0.15) is 0 Å². The summed E-state index contributed by atoms with van der Waals surface area (Å²) in [4.78, 5) is 0. The molecule has 2 fully saturated rings. The van der Waals surface area contributed by atoms with Gasteiger partial charge in [-0.1, -0.05) is 19.8 Å². The van der Waals surface area contributed by atoms with E-state index in [0.29, 0.717) is 6.04 Å². The molecule has 0 aromatic rings. The molecule has 0 radical (unpaired) electrons. The van der Waals surface area contributed by atoms with E-state index in [-0.39, 0.29) is 5.60 Å². The van der Waals surface area contributed by atoms with Gasteiger partial charge < -0.3 is 14.8 Å². The third-order valence-corrected chi connectivity index (χ3v) is 5.35. The predicted molar refractivity (Wildman–Crippen MR) is 78.4 cm³/mol. The van der Waals surface area contributed by atoms with Crippen molar-refractivity contribution in [3.63, 3.8) is 0 Å². The number of hydrogen-bond acceptors (Lipinski definition) is 3. The molecule has 3 nitrogen and oxygen atoms in total. The molecule has 3 unspecified atom stereocenters. The van der Waals surface area contributed by atoms with Crippen LogP contribution in [0.2, 0.25) is 0 Å². The van der Waals surface area contributed by atoms with Gasteiger partial charge >= 0.3 is 0 Å². The molecular weight excluding hydrogens is 238 g/mol. The van der Waals surface area contributed by atoms with Crippen molar-refractivity contribution in [2.75, 3.05) is 26.9 Å². The fourth-order valence-electron chi connectivity index (χ4n) is 3.87. The minimum atomic E-state index is 0.253. The van der Waals surface area contributed by atoms with Gasteiger partial charge in [0, 0.05) is 26.3 Å². The summed E-state index contributed by atoms with van der Waals surface area (Å²) in [6, 6.07) is 0.566. The van der Waals surface area contributed by atoms with Crippen LogP contribution in [0, 0.1) is 11.8 Å². The summed E-state index contributed by atoms with van der Waals surface area (Å²) in [7, 11) is 1.76. The molecule has 3 heteroatoms. The van der Waals surface area contributed by atoms with Crippen LogP contribution in [0.5, 0.6) is 0 Å². The Kier molecular flexibility index (Phi) is 5.67. The van der Waals surface area contributed by atoms with E-state index in [1.807, 2.05) is 0 Å². The largest absolute Gasteiger partial charge is 0.383 e. The summed E-state index contributed by atoms with van der Waals surface area (Å²) >= 11 is 0. The maximum Gasteiger partial charge on any atom is 0.0685 e. The van der Waals surface area contributed by atoms with Crippen LogP contribution in [0.1, 0.15) is 52.4 Å². The second kappa shape index (κ2) is 7.05. The molecule has 3 atom stereocenters. The summed E-state index contributed by atoms with van der Waals surface area (Å²) in [5.41, 5.74) is 0.253. The van der Waals surface area contributed by atoms with Crippen LogP contribution in [0.4, 0.5) is 0 Å². The highest BCUT2D eigenvalue weighted by Crippen LogP contribution is 2.44. The molecule has 0 bridgehead atoms. The van der Waals surface area contributed by atoms with Gasteiger partial charge in [-0.05, 0) is 44.4 Å². The maximum absolute atomic E-state index is 6.14. The van der Waals surface area contributed by atoms with Gasteiger partial charge in [0.2, 0.25) is 0 Å². The first-order chi connectivity index (χ1) is 9.17. The van der Waals surface area contributed by atoms with Gasteiger partial charge in [-0.15, -0.1) is 0 Å². The third kappa shape index (κ3) is 3.93. The van der Waals surface area contributed by atoms with Crippen molar-refractivity contribution in [3.8, 4) is 0 Å². The van der Waals surface area contributed by atoms with E-state index in [2.05, 4.69) is 19.2 Å². The zero-order chi connectivity index (χ0) is 13.7. The van der Waals surface area contributed by atoms with E-state index in [1.165, 1.54) is 38.5 Å². The van der Waals surface area contributed by atoms with E-state index in [4.69, 9.17) is 9.47 Å². The Balaban J connectivity index is 1.82. The van der Waals surface area contributed by atoms with Gasteiger partial charge in [-0.25, -0.2) is 0 Å². The summed E-state index contributed by atoms with van der Waals surface area (Å²) < 4.78 is 11.3. The minimum absolute atomic E-state index is 0.253.